The second-order valence-electron chi connectivity index (χ2n) is 3.53. The summed E-state index contributed by atoms with van der Waals surface area (Å²) in [6.07, 6.45) is -4.77. The molecule has 0 saturated carbocycles. The summed E-state index contributed by atoms with van der Waals surface area (Å²) in [5, 5.41) is 0. The summed E-state index contributed by atoms with van der Waals surface area (Å²) in [7, 11) is 2.83. The predicted molar refractivity (Wildman–Crippen MR) is 57.3 cm³/mol. The molecule has 1 aromatic rings. The van der Waals surface area contributed by atoms with Crippen molar-refractivity contribution in [1.29, 1.82) is 0 Å². The normalized spacial score (nSPS) is 13.3. The third-order valence-corrected chi connectivity index (χ3v) is 2.35. The Labute approximate surface area is 97.3 Å². The van der Waals surface area contributed by atoms with Crippen LogP contribution in [0.1, 0.15) is 5.56 Å². The van der Waals surface area contributed by atoms with Gasteiger partial charge in [0.05, 0.1) is 14.2 Å². The quantitative estimate of drug-likeness (QED) is 0.889. The summed E-state index contributed by atoms with van der Waals surface area (Å²) < 4.78 is 47.0. The van der Waals surface area contributed by atoms with E-state index < -0.39 is 12.2 Å². The van der Waals surface area contributed by atoms with Gasteiger partial charge in [0.1, 0.15) is 17.5 Å². The van der Waals surface area contributed by atoms with E-state index in [1.54, 1.807) is 12.1 Å². The maximum Gasteiger partial charge on any atom is 0.403 e. The van der Waals surface area contributed by atoms with Crippen molar-refractivity contribution in [3.05, 3.63) is 23.8 Å². The highest BCUT2D eigenvalue weighted by Gasteiger charge is 2.37. The van der Waals surface area contributed by atoms with Crippen LogP contribution in [-0.4, -0.2) is 26.4 Å². The largest absolute Gasteiger partial charge is 0.497 e. The highest BCUT2D eigenvalue weighted by atomic mass is 19.4. The first kappa shape index (κ1) is 13.6. The van der Waals surface area contributed by atoms with Gasteiger partial charge in [-0.25, -0.2) is 0 Å². The lowest BCUT2D eigenvalue weighted by molar-refractivity contribution is -0.147. The Hall–Kier alpha value is -1.43. The molecule has 2 N–H and O–H groups in total. The zero-order valence-electron chi connectivity index (χ0n) is 9.54. The standard InChI is InChI=1S/C11H14F3NO2/c1-16-8-3-4-9(17-2)7(5-8)6-10(15)11(12,13)14/h3-5,10H,6,15H2,1-2H3. The fourth-order valence-corrected chi connectivity index (χ4v) is 1.39. The van der Waals surface area contributed by atoms with Crippen molar-refractivity contribution in [2.75, 3.05) is 14.2 Å². The summed E-state index contributed by atoms with van der Waals surface area (Å²) in [5.74, 6) is 0.834. The molecule has 0 spiro atoms. The van der Waals surface area contributed by atoms with E-state index in [9.17, 15) is 13.2 Å². The molecular formula is C11H14F3NO2. The van der Waals surface area contributed by atoms with Gasteiger partial charge in [0.25, 0.3) is 0 Å². The van der Waals surface area contributed by atoms with E-state index in [1.807, 2.05) is 0 Å². The minimum atomic E-state index is -4.42. The molecule has 0 aromatic heterocycles. The monoisotopic (exact) mass is 249 g/mol. The molecule has 96 valence electrons. The second kappa shape index (κ2) is 5.27. The van der Waals surface area contributed by atoms with E-state index in [-0.39, 0.29) is 6.42 Å². The highest BCUT2D eigenvalue weighted by Crippen LogP contribution is 2.28. The molecule has 0 radical (unpaired) electrons. The van der Waals surface area contributed by atoms with Crippen molar-refractivity contribution in [2.45, 2.75) is 18.6 Å². The Bertz CT molecular complexity index is 379. The maximum absolute atomic E-state index is 12.4. The molecule has 0 amide bonds. The van der Waals surface area contributed by atoms with E-state index in [4.69, 9.17) is 15.2 Å². The van der Waals surface area contributed by atoms with Crippen molar-refractivity contribution in [3.63, 3.8) is 0 Å². The highest BCUT2D eigenvalue weighted by molar-refractivity contribution is 5.40. The first-order valence-corrected chi connectivity index (χ1v) is 4.91. The molecule has 6 heteroatoms. The van der Waals surface area contributed by atoms with Gasteiger partial charge in [-0.15, -0.1) is 0 Å². The van der Waals surface area contributed by atoms with Crippen molar-refractivity contribution < 1.29 is 22.6 Å². The Balaban J connectivity index is 2.95. The summed E-state index contributed by atoms with van der Waals surface area (Å²) >= 11 is 0. The molecular weight excluding hydrogens is 235 g/mol. The number of hydrogen-bond donors (Lipinski definition) is 1. The lowest BCUT2D eigenvalue weighted by atomic mass is 10.0. The smallest absolute Gasteiger partial charge is 0.403 e. The minimum Gasteiger partial charge on any atom is -0.497 e. The number of benzene rings is 1. The summed E-state index contributed by atoms with van der Waals surface area (Å²) in [4.78, 5) is 0. The molecule has 1 rings (SSSR count). The van der Waals surface area contributed by atoms with E-state index >= 15 is 0 Å². The van der Waals surface area contributed by atoms with Crippen LogP contribution in [0.15, 0.2) is 18.2 Å². The van der Waals surface area contributed by atoms with Crippen LogP contribution in [0, 0.1) is 0 Å². The van der Waals surface area contributed by atoms with Crippen LogP contribution in [0.5, 0.6) is 11.5 Å². The number of alkyl halides is 3. The molecule has 0 heterocycles. The molecule has 0 saturated heterocycles. The molecule has 17 heavy (non-hydrogen) atoms. The first-order chi connectivity index (χ1) is 7.88. The van der Waals surface area contributed by atoms with Crippen LogP contribution in [-0.2, 0) is 6.42 Å². The Kier molecular flexibility index (Phi) is 4.22. The molecule has 0 fully saturated rings. The summed E-state index contributed by atoms with van der Waals surface area (Å²) in [5.41, 5.74) is 5.45. The van der Waals surface area contributed by atoms with Gasteiger partial charge in [-0.3, -0.25) is 0 Å². The lowest BCUT2D eigenvalue weighted by Crippen LogP contribution is -2.39. The number of rotatable bonds is 4. The van der Waals surface area contributed by atoms with Gasteiger partial charge in [-0.2, -0.15) is 13.2 Å². The number of nitrogens with two attached hydrogens (primary N) is 1. The van der Waals surface area contributed by atoms with Crippen LogP contribution in [0.25, 0.3) is 0 Å². The first-order valence-electron chi connectivity index (χ1n) is 4.91. The van der Waals surface area contributed by atoms with Gasteiger partial charge in [-0.1, -0.05) is 0 Å². The number of hydrogen-bond acceptors (Lipinski definition) is 3. The Morgan fingerprint density at radius 3 is 2.35 bits per heavy atom. The Morgan fingerprint density at radius 1 is 1.24 bits per heavy atom. The molecule has 0 aliphatic heterocycles. The zero-order valence-corrected chi connectivity index (χ0v) is 9.54. The van der Waals surface area contributed by atoms with Gasteiger partial charge >= 0.3 is 6.18 Å². The SMILES string of the molecule is COc1ccc(OC)c(CC(N)C(F)(F)F)c1. The van der Waals surface area contributed by atoms with Gasteiger partial charge in [0, 0.05) is 6.42 Å². The van der Waals surface area contributed by atoms with Crippen LogP contribution in [0.4, 0.5) is 13.2 Å². The molecule has 0 bridgehead atoms. The fraction of sp³-hybridized carbons (Fsp3) is 0.455. The van der Waals surface area contributed by atoms with Gasteiger partial charge in [-0.05, 0) is 23.8 Å². The molecule has 1 unspecified atom stereocenters. The van der Waals surface area contributed by atoms with Gasteiger partial charge in [0.2, 0.25) is 0 Å². The maximum atomic E-state index is 12.4. The average molecular weight is 249 g/mol. The van der Waals surface area contributed by atoms with Gasteiger partial charge in [0.15, 0.2) is 0 Å². The number of methoxy groups -OCH3 is 2. The minimum absolute atomic E-state index is 0.343. The topological polar surface area (TPSA) is 44.5 Å². The fourth-order valence-electron chi connectivity index (χ4n) is 1.39. The number of halogens is 3. The molecule has 0 aliphatic carbocycles. The van der Waals surface area contributed by atoms with Crippen molar-refractivity contribution >= 4 is 0 Å². The van der Waals surface area contributed by atoms with E-state index in [2.05, 4.69) is 0 Å². The van der Waals surface area contributed by atoms with Crippen LogP contribution in [0.3, 0.4) is 0 Å². The average Bonchev–Trinajstić information content (AvgIpc) is 2.27. The van der Waals surface area contributed by atoms with Gasteiger partial charge < -0.3 is 15.2 Å². The van der Waals surface area contributed by atoms with Crippen molar-refractivity contribution in [2.24, 2.45) is 5.73 Å². The number of ether oxygens (including phenoxy) is 2. The molecule has 0 aliphatic rings. The summed E-state index contributed by atoms with van der Waals surface area (Å²) in [6.45, 7) is 0. The molecule has 3 nitrogen and oxygen atoms in total. The third-order valence-electron chi connectivity index (χ3n) is 2.35. The van der Waals surface area contributed by atoms with E-state index in [1.165, 1.54) is 20.3 Å². The lowest BCUT2D eigenvalue weighted by Gasteiger charge is -2.17. The van der Waals surface area contributed by atoms with E-state index in [0.29, 0.717) is 17.1 Å². The van der Waals surface area contributed by atoms with Crippen LogP contribution in [0.2, 0.25) is 0 Å². The third kappa shape index (κ3) is 3.52. The summed E-state index contributed by atoms with van der Waals surface area (Å²) in [6, 6.07) is 2.74. The van der Waals surface area contributed by atoms with E-state index in [0.717, 1.165) is 0 Å². The van der Waals surface area contributed by atoms with Crippen molar-refractivity contribution in [3.8, 4) is 11.5 Å². The molecule has 1 aromatic carbocycles. The zero-order chi connectivity index (χ0) is 13.1. The van der Waals surface area contributed by atoms with Crippen molar-refractivity contribution in [1.82, 2.24) is 0 Å². The van der Waals surface area contributed by atoms with Crippen LogP contribution >= 0.6 is 0 Å². The molecule has 1 atom stereocenters. The second-order valence-corrected chi connectivity index (χ2v) is 3.53. The Morgan fingerprint density at radius 2 is 1.88 bits per heavy atom. The predicted octanol–water partition coefficient (Wildman–Crippen LogP) is 2.14. The van der Waals surface area contributed by atoms with Crippen LogP contribution < -0.4 is 15.2 Å².